The van der Waals surface area contributed by atoms with Gasteiger partial charge in [-0.3, -0.25) is 4.79 Å². The van der Waals surface area contributed by atoms with Crippen LogP contribution in [0.5, 0.6) is 0 Å². The van der Waals surface area contributed by atoms with Crippen LogP contribution in [-0.2, 0) is 30.3 Å². The zero-order valence-corrected chi connectivity index (χ0v) is 27.5. The average molecular weight is 629 g/mol. The van der Waals surface area contributed by atoms with Crippen molar-refractivity contribution in [1.29, 1.82) is 0 Å². The Balaban J connectivity index is 0.0000176. The summed E-state index contributed by atoms with van der Waals surface area (Å²) in [6.45, 7) is 3.04. The Hall–Kier alpha value is -2.55. The molecule has 0 aliphatic heterocycles. The van der Waals surface area contributed by atoms with Crippen LogP contribution in [0.4, 0.5) is 9.59 Å². The van der Waals surface area contributed by atoms with Crippen molar-refractivity contribution in [1.82, 2.24) is 5.32 Å². The number of hydrogen-bond acceptors (Lipinski definition) is 7. The summed E-state index contributed by atoms with van der Waals surface area (Å²) in [5.41, 5.74) is 0. The number of pyridine rings is 1. The predicted molar refractivity (Wildman–Crippen MR) is 163 cm³/mol. The number of unbranched alkanes of at least 4 members (excludes halogenated alkanes) is 15. The molecular formula is C33H57ClN2O7. The maximum atomic E-state index is 12.1. The molecule has 1 amide bonds. The van der Waals surface area contributed by atoms with Crippen LogP contribution in [0.2, 0.25) is 0 Å². The summed E-state index contributed by atoms with van der Waals surface area (Å²) in [5.74, 6) is -0.406. The minimum atomic E-state index is -0.917. The molecule has 43 heavy (non-hydrogen) atoms. The molecule has 1 atom stereocenters. The second-order valence-corrected chi connectivity index (χ2v) is 10.9. The molecule has 0 aliphatic carbocycles. The van der Waals surface area contributed by atoms with Crippen LogP contribution in [0.3, 0.4) is 0 Å². The van der Waals surface area contributed by atoms with E-state index in [4.69, 9.17) is 14.2 Å². The molecule has 0 radical (unpaired) electrons. The van der Waals surface area contributed by atoms with Gasteiger partial charge < -0.3 is 36.7 Å². The lowest BCUT2D eigenvalue weighted by molar-refractivity contribution is -0.697. The second-order valence-electron chi connectivity index (χ2n) is 10.9. The topological polar surface area (TPSA) is 104 Å². The van der Waals surface area contributed by atoms with Crippen LogP contribution in [0, 0.1) is 0 Å². The highest BCUT2D eigenvalue weighted by atomic mass is 35.5. The van der Waals surface area contributed by atoms with E-state index in [0.717, 1.165) is 19.3 Å². The highest BCUT2D eigenvalue weighted by Crippen LogP contribution is 2.13. The Kier molecular flexibility index (Phi) is 27.8. The lowest BCUT2D eigenvalue weighted by atomic mass is 10.0. The number of aryl methyl sites for hydroxylation is 1. The van der Waals surface area contributed by atoms with Crippen LogP contribution < -0.4 is 22.3 Å². The van der Waals surface area contributed by atoms with Crippen molar-refractivity contribution >= 4 is 18.2 Å². The fourth-order valence-electron chi connectivity index (χ4n) is 4.63. The number of ether oxygens (including phenoxy) is 4. The summed E-state index contributed by atoms with van der Waals surface area (Å²) in [4.78, 5) is 35.7. The third-order valence-electron chi connectivity index (χ3n) is 7.14. The fraction of sp³-hybridized carbons (Fsp3) is 0.758. The molecule has 1 aromatic rings. The highest BCUT2D eigenvalue weighted by Gasteiger charge is 2.19. The summed E-state index contributed by atoms with van der Waals surface area (Å²) in [5, 5.41) is 2.57. The lowest BCUT2D eigenvalue weighted by Gasteiger charge is -2.17. The van der Waals surface area contributed by atoms with Gasteiger partial charge in [-0.25, -0.2) is 14.2 Å². The number of esters is 1. The molecule has 1 N–H and O–H groups in total. The largest absolute Gasteiger partial charge is 1.00 e. The van der Waals surface area contributed by atoms with E-state index in [0.29, 0.717) is 19.6 Å². The van der Waals surface area contributed by atoms with Crippen LogP contribution in [0.15, 0.2) is 30.6 Å². The van der Waals surface area contributed by atoms with Crippen LogP contribution in [0.25, 0.3) is 0 Å². The molecular weight excluding hydrogens is 572 g/mol. The van der Waals surface area contributed by atoms with Crippen LogP contribution >= 0.6 is 0 Å². The van der Waals surface area contributed by atoms with E-state index >= 15 is 0 Å². The molecule has 1 rings (SSSR count). The first-order valence-electron chi connectivity index (χ1n) is 16.3. The van der Waals surface area contributed by atoms with Crippen molar-refractivity contribution < 1.29 is 50.3 Å². The van der Waals surface area contributed by atoms with Gasteiger partial charge in [-0.1, -0.05) is 109 Å². The molecule has 0 saturated carbocycles. The maximum absolute atomic E-state index is 12.1. The average Bonchev–Trinajstić information content (AvgIpc) is 3.00. The minimum Gasteiger partial charge on any atom is -1.00 e. The number of amides is 1. The van der Waals surface area contributed by atoms with E-state index < -0.39 is 24.3 Å². The maximum Gasteiger partial charge on any atom is 0.508 e. The molecule has 10 heteroatoms. The Morgan fingerprint density at radius 2 is 1.26 bits per heavy atom. The van der Waals surface area contributed by atoms with Gasteiger partial charge in [0.25, 0.3) is 0 Å². The number of aromatic nitrogens is 1. The number of hydrogen-bond donors (Lipinski definition) is 1. The van der Waals surface area contributed by atoms with Gasteiger partial charge in [0.1, 0.15) is 13.2 Å². The number of carbonyl (C=O) groups excluding carboxylic acids is 3. The molecule has 248 valence electrons. The SMILES string of the molecule is CCCCCCCCCCCCCCCCCCOC(=O)NCC(COC(=O)CCC[n+]1ccccc1)OC(=O)OC.[Cl-]. The first-order valence-corrected chi connectivity index (χ1v) is 16.3. The summed E-state index contributed by atoms with van der Waals surface area (Å²) in [7, 11) is 1.19. The number of methoxy groups -OCH3 is 1. The van der Waals surface area contributed by atoms with Crippen molar-refractivity contribution in [3.05, 3.63) is 30.6 Å². The Morgan fingerprint density at radius 1 is 0.721 bits per heavy atom. The molecule has 1 unspecified atom stereocenters. The van der Waals surface area contributed by atoms with E-state index in [9.17, 15) is 14.4 Å². The number of nitrogens with zero attached hydrogens (tertiary/aromatic N) is 1. The second kappa shape index (κ2) is 29.5. The van der Waals surface area contributed by atoms with E-state index in [-0.39, 0.29) is 32.0 Å². The summed E-state index contributed by atoms with van der Waals surface area (Å²) in [6.07, 6.45) is 22.9. The molecule has 1 aromatic heterocycles. The van der Waals surface area contributed by atoms with E-state index in [1.54, 1.807) is 0 Å². The molecule has 0 spiro atoms. The van der Waals surface area contributed by atoms with Gasteiger partial charge in [0.05, 0.1) is 26.7 Å². The number of nitrogens with one attached hydrogen (secondary N) is 1. The quantitative estimate of drug-likeness (QED) is 0.0700. The van der Waals surface area contributed by atoms with Gasteiger partial charge in [-0.05, 0) is 6.42 Å². The first kappa shape index (κ1) is 40.5. The van der Waals surface area contributed by atoms with Crippen molar-refractivity contribution in [3.8, 4) is 0 Å². The van der Waals surface area contributed by atoms with Gasteiger partial charge in [0, 0.05) is 18.6 Å². The van der Waals surface area contributed by atoms with E-state index in [1.807, 2.05) is 35.2 Å². The molecule has 0 aromatic carbocycles. The van der Waals surface area contributed by atoms with Gasteiger partial charge in [0.2, 0.25) is 0 Å². The molecule has 0 fully saturated rings. The molecule has 0 aliphatic rings. The Morgan fingerprint density at radius 3 is 1.79 bits per heavy atom. The normalized spacial score (nSPS) is 11.2. The van der Waals surface area contributed by atoms with Gasteiger partial charge in [-0.15, -0.1) is 0 Å². The van der Waals surface area contributed by atoms with Crippen molar-refractivity contribution in [2.24, 2.45) is 0 Å². The fourth-order valence-corrected chi connectivity index (χ4v) is 4.63. The minimum absolute atomic E-state index is 0. The zero-order chi connectivity index (χ0) is 30.5. The standard InChI is InChI=1S/C33H56N2O7.ClH/c1-3-4-5-6-7-8-9-10-11-12-13-14-15-16-17-21-27-40-32(37)34-28-30(42-33(38)39-2)29-41-31(36)23-22-26-35-24-19-18-20-25-35;/h18-20,24-25,30H,3-17,21-23,26-29H2,1-2H3;1H. The van der Waals surface area contributed by atoms with Crippen molar-refractivity contribution in [2.75, 3.05) is 26.9 Å². The summed E-state index contributed by atoms with van der Waals surface area (Å²) in [6, 6.07) is 5.77. The lowest BCUT2D eigenvalue weighted by Crippen LogP contribution is -3.00. The predicted octanol–water partition coefficient (Wildman–Crippen LogP) is 4.44. The zero-order valence-electron chi connectivity index (χ0n) is 26.7. The van der Waals surface area contributed by atoms with Crippen LogP contribution in [0.1, 0.15) is 122 Å². The van der Waals surface area contributed by atoms with Crippen molar-refractivity contribution in [3.63, 3.8) is 0 Å². The van der Waals surface area contributed by atoms with Crippen molar-refractivity contribution in [2.45, 2.75) is 135 Å². The molecule has 9 nitrogen and oxygen atoms in total. The third kappa shape index (κ3) is 25.6. The highest BCUT2D eigenvalue weighted by molar-refractivity contribution is 5.69. The number of halogens is 1. The smallest absolute Gasteiger partial charge is 0.508 e. The number of alkyl carbamates (subject to hydrolysis) is 1. The van der Waals surface area contributed by atoms with Crippen LogP contribution in [-0.4, -0.2) is 51.2 Å². The Labute approximate surface area is 266 Å². The van der Waals surface area contributed by atoms with Gasteiger partial charge in [-0.2, -0.15) is 0 Å². The van der Waals surface area contributed by atoms with E-state index in [1.165, 1.54) is 90.6 Å². The Bertz CT molecular complexity index is 814. The van der Waals surface area contributed by atoms with Gasteiger partial charge in [0.15, 0.2) is 18.5 Å². The van der Waals surface area contributed by atoms with Gasteiger partial charge >= 0.3 is 18.2 Å². The number of rotatable bonds is 26. The summed E-state index contributed by atoms with van der Waals surface area (Å²) < 4.78 is 22.1. The first-order chi connectivity index (χ1) is 20.5. The summed E-state index contributed by atoms with van der Waals surface area (Å²) >= 11 is 0. The third-order valence-corrected chi connectivity index (χ3v) is 7.14. The molecule has 0 bridgehead atoms. The molecule has 1 heterocycles. The monoisotopic (exact) mass is 628 g/mol. The molecule has 0 saturated heterocycles. The van der Waals surface area contributed by atoms with E-state index in [2.05, 4.69) is 17.0 Å². The number of carbonyl (C=O) groups is 3.